The van der Waals surface area contributed by atoms with Gasteiger partial charge in [0.2, 0.25) is 0 Å². The van der Waals surface area contributed by atoms with Gasteiger partial charge in [0.1, 0.15) is 6.04 Å². The largest absolute Gasteiger partial charge is 0.467 e. The van der Waals surface area contributed by atoms with Crippen LogP contribution >= 0.6 is 27.7 Å². The predicted octanol–water partition coefficient (Wildman–Crippen LogP) is 3.11. The number of amides is 2. The molecule has 0 unspecified atom stereocenters. The van der Waals surface area contributed by atoms with E-state index >= 15 is 0 Å². The van der Waals surface area contributed by atoms with Gasteiger partial charge in [-0.05, 0) is 58.4 Å². The summed E-state index contributed by atoms with van der Waals surface area (Å²) in [7, 11) is 5.08. The molecule has 0 spiro atoms. The van der Waals surface area contributed by atoms with Gasteiger partial charge >= 0.3 is 5.97 Å². The van der Waals surface area contributed by atoms with E-state index in [-0.39, 0.29) is 4.91 Å². The van der Waals surface area contributed by atoms with Crippen LogP contribution in [-0.2, 0) is 14.3 Å². The lowest BCUT2D eigenvalue weighted by Gasteiger charge is -2.18. The van der Waals surface area contributed by atoms with E-state index in [4.69, 9.17) is 0 Å². The molecule has 1 aliphatic rings. The van der Waals surface area contributed by atoms with Gasteiger partial charge in [-0.3, -0.25) is 14.5 Å². The zero-order valence-corrected chi connectivity index (χ0v) is 16.1. The molecule has 1 aliphatic heterocycles. The lowest BCUT2D eigenvalue weighted by Crippen LogP contribution is -2.42. The molecule has 2 amide bonds. The van der Waals surface area contributed by atoms with Crippen molar-refractivity contribution in [2.45, 2.75) is 13.0 Å². The van der Waals surface area contributed by atoms with E-state index in [0.717, 1.165) is 32.4 Å². The monoisotopic (exact) mass is 412 g/mol. The summed E-state index contributed by atoms with van der Waals surface area (Å²) in [5.74, 6) is -1.12. The summed E-state index contributed by atoms with van der Waals surface area (Å²) in [6, 6.07) is 4.69. The Labute approximate surface area is 152 Å². The Morgan fingerprint density at radius 1 is 1.38 bits per heavy atom. The maximum atomic E-state index is 12.4. The lowest BCUT2D eigenvalue weighted by molar-refractivity contribution is -0.148. The second-order valence-corrected chi connectivity index (χ2v) is 7.20. The summed E-state index contributed by atoms with van der Waals surface area (Å²) in [5, 5.41) is -0.479. The van der Waals surface area contributed by atoms with E-state index in [1.54, 1.807) is 6.08 Å². The van der Waals surface area contributed by atoms with Crippen LogP contribution in [0.2, 0.25) is 0 Å². The number of imide groups is 1. The summed E-state index contributed by atoms with van der Waals surface area (Å²) >= 11 is 4.30. The van der Waals surface area contributed by atoms with Crippen molar-refractivity contribution in [1.29, 1.82) is 0 Å². The minimum atomic E-state index is -0.948. The number of nitrogens with zero attached hydrogens (tertiary/aromatic N) is 2. The molecule has 8 heteroatoms. The standard InChI is InChI=1S/C16H17BrN2O4S/c1-9(15(21)23-4)19-14(20)13(24-16(19)22)8-10-5-6-12(18(2)3)11(17)7-10/h5-9H,1-4H3/b13-8-/t9-/m1/s1. The smallest absolute Gasteiger partial charge is 0.328 e. The number of esters is 1. The van der Waals surface area contributed by atoms with Gasteiger partial charge in [-0.1, -0.05) is 6.07 Å². The third kappa shape index (κ3) is 3.64. The first-order valence-electron chi connectivity index (χ1n) is 7.08. The van der Waals surface area contributed by atoms with Gasteiger partial charge in [-0.2, -0.15) is 0 Å². The van der Waals surface area contributed by atoms with Crippen molar-refractivity contribution in [2.75, 3.05) is 26.1 Å². The number of hydrogen-bond acceptors (Lipinski definition) is 6. The van der Waals surface area contributed by atoms with Crippen LogP contribution in [0.5, 0.6) is 0 Å². The fraction of sp³-hybridized carbons (Fsp3) is 0.312. The molecule has 0 aliphatic carbocycles. The van der Waals surface area contributed by atoms with Crippen LogP contribution in [0.3, 0.4) is 0 Å². The summed E-state index contributed by atoms with van der Waals surface area (Å²) in [5.41, 5.74) is 1.78. The Morgan fingerprint density at radius 3 is 2.58 bits per heavy atom. The van der Waals surface area contributed by atoms with Crippen LogP contribution in [0.15, 0.2) is 27.6 Å². The van der Waals surface area contributed by atoms with Gasteiger partial charge in [-0.25, -0.2) is 4.79 Å². The number of benzene rings is 1. The van der Waals surface area contributed by atoms with Crippen molar-refractivity contribution in [1.82, 2.24) is 4.90 Å². The number of methoxy groups -OCH3 is 1. The van der Waals surface area contributed by atoms with Gasteiger partial charge in [0, 0.05) is 18.6 Å². The van der Waals surface area contributed by atoms with Crippen LogP contribution in [0, 0.1) is 0 Å². The van der Waals surface area contributed by atoms with Crippen molar-refractivity contribution in [3.63, 3.8) is 0 Å². The first kappa shape index (κ1) is 18.5. The average Bonchev–Trinajstić information content (AvgIpc) is 2.79. The maximum Gasteiger partial charge on any atom is 0.328 e. The number of hydrogen-bond donors (Lipinski definition) is 0. The van der Waals surface area contributed by atoms with Crippen LogP contribution in [0.4, 0.5) is 10.5 Å². The maximum absolute atomic E-state index is 12.4. The van der Waals surface area contributed by atoms with E-state index in [1.165, 1.54) is 14.0 Å². The zero-order valence-electron chi connectivity index (χ0n) is 13.7. The number of halogens is 1. The molecule has 2 rings (SSSR count). The number of ether oxygens (including phenoxy) is 1. The number of anilines is 1. The molecule has 0 aromatic heterocycles. The Morgan fingerprint density at radius 2 is 2.04 bits per heavy atom. The highest BCUT2D eigenvalue weighted by Gasteiger charge is 2.41. The SMILES string of the molecule is COC(=O)[C@@H](C)N1C(=O)S/C(=C\c2ccc(N(C)C)c(Br)c2)C1=O. The Kier molecular flexibility index (Phi) is 5.71. The van der Waals surface area contributed by atoms with Crippen LogP contribution in [0.25, 0.3) is 6.08 Å². The van der Waals surface area contributed by atoms with Crippen LogP contribution in [-0.4, -0.2) is 49.3 Å². The van der Waals surface area contributed by atoms with Crippen molar-refractivity contribution in [3.8, 4) is 0 Å². The number of thioether (sulfide) groups is 1. The van der Waals surface area contributed by atoms with E-state index in [0.29, 0.717) is 0 Å². The van der Waals surface area contributed by atoms with E-state index in [1.807, 2.05) is 37.2 Å². The molecule has 0 bridgehead atoms. The number of rotatable bonds is 4. The molecular weight excluding hydrogens is 396 g/mol. The first-order chi connectivity index (χ1) is 11.3. The number of carbonyl (C=O) groups is 3. The molecule has 128 valence electrons. The Hall–Kier alpha value is -1.80. The van der Waals surface area contributed by atoms with Gasteiger partial charge in [0.05, 0.1) is 17.7 Å². The van der Waals surface area contributed by atoms with E-state index < -0.39 is 23.2 Å². The molecule has 1 heterocycles. The number of carbonyl (C=O) groups excluding carboxylic acids is 3. The minimum absolute atomic E-state index is 0.278. The second kappa shape index (κ2) is 7.40. The summed E-state index contributed by atoms with van der Waals surface area (Å²) in [4.78, 5) is 39.2. The van der Waals surface area contributed by atoms with Crippen molar-refractivity contribution < 1.29 is 19.1 Å². The molecule has 1 atom stereocenters. The Bertz CT molecular complexity index is 733. The van der Waals surface area contributed by atoms with Gasteiger partial charge in [0.15, 0.2) is 0 Å². The molecule has 0 N–H and O–H groups in total. The van der Waals surface area contributed by atoms with Crippen molar-refractivity contribution in [2.24, 2.45) is 0 Å². The highest BCUT2D eigenvalue weighted by molar-refractivity contribution is 9.10. The molecule has 1 saturated heterocycles. The quantitative estimate of drug-likeness (QED) is 0.558. The van der Waals surface area contributed by atoms with Crippen molar-refractivity contribution in [3.05, 3.63) is 33.1 Å². The summed E-state index contributed by atoms with van der Waals surface area (Å²) in [6.45, 7) is 1.47. The fourth-order valence-electron chi connectivity index (χ4n) is 2.22. The molecule has 1 fully saturated rings. The minimum Gasteiger partial charge on any atom is -0.467 e. The average molecular weight is 413 g/mol. The molecule has 1 aromatic carbocycles. The molecular formula is C16H17BrN2O4S. The van der Waals surface area contributed by atoms with Crippen LogP contribution in [0.1, 0.15) is 12.5 Å². The lowest BCUT2D eigenvalue weighted by atomic mass is 10.1. The summed E-state index contributed by atoms with van der Waals surface area (Å²) < 4.78 is 5.48. The van der Waals surface area contributed by atoms with Gasteiger partial charge in [-0.15, -0.1) is 0 Å². The first-order valence-corrected chi connectivity index (χ1v) is 8.69. The predicted molar refractivity (Wildman–Crippen MR) is 97.8 cm³/mol. The normalized spacial score (nSPS) is 17.4. The molecule has 1 aromatic rings. The fourth-order valence-corrected chi connectivity index (χ4v) is 3.88. The topological polar surface area (TPSA) is 66.9 Å². The molecule has 0 saturated carbocycles. The molecule has 6 nitrogen and oxygen atoms in total. The third-order valence-electron chi connectivity index (χ3n) is 3.50. The molecule has 24 heavy (non-hydrogen) atoms. The summed E-state index contributed by atoms with van der Waals surface area (Å²) in [6.07, 6.45) is 1.64. The van der Waals surface area contributed by atoms with E-state index in [2.05, 4.69) is 20.7 Å². The van der Waals surface area contributed by atoms with Crippen LogP contribution < -0.4 is 4.90 Å². The zero-order chi connectivity index (χ0) is 18.0. The van der Waals surface area contributed by atoms with Gasteiger partial charge in [0.25, 0.3) is 11.1 Å². The second-order valence-electron chi connectivity index (χ2n) is 5.36. The van der Waals surface area contributed by atoms with Gasteiger partial charge < -0.3 is 9.64 Å². The molecule has 0 radical (unpaired) electrons. The van der Waals surface area contributed by atoms with Crippen molar-refractivity contribution >= 4 is 56.6 Å². The highest BCUT2D eigenvalue weighted by Crippen LogP contribution is 2.35. The van der Waals surface area contributed by atoms with E-state index in [9.17, 15) is 14.4 Å². The highest BCUT2D eigenvalue weighted by atomic mass is 79.9. The Balaban J connectivity index is 2.29. The third-order valence-corrected chi connectivity index (χ3v) is 5.02.